The minimum absolute atomic E-state index is 0.200. The van der Waals surface area contributed by atoms with Crippen LogP contribution in [0.15, 0.2) is 0 Å². The van der Waals surface area contributed by atoms with E-state index in [1.54, 1.807) is 0 Å². The number of carbonyl (C=O) groups is 1. The fraction of sp³-hybridized carbons (Fsp3) is 0.786. The van der Waals surface area contributed by atoms with Gasteiger partial charge in [0.25, 0.3) is 0 Å². The Kier molecular flexibility index (Phi) is 5.93. The van der Waals surface area contributed by atoms with E-state index in [2.05, 4.69) is 39.8 Å². The van der Waals surface area contributed by atoms with E-state index in [1.165, 1.54) is 43.4 Å². The number of nitrogens with one attached hydrogen (secondary N) is 2. The van der Waals surface area contributed by atoms with Crippen LogP contribution in [-0.2, 0) is 0 Å². The summed E-state index contributed by atoms with van der Waals surface area (Å²) in [5.41, 5.74) is 0. The highest BCUT2D eigenvalue weighted by Crippen LogP contribution is 2.28. The predicted molar refractivity (Wildman–Crippen MR) is 85.7 cm³/mol. The van der Waals surface area contributed by atoms with E-state index < -0.39 is 0 Å². The van der Waals surface area contributed by atoms with Crippen molar-refractivity contribution in [3.8, 4) is 0 Å². The summed E-state index contributed by atoms with van der Waals surface area (Å²) >= 11 is 1.38. The molecule has 1 atom stereocenters. The molecule has 1 aliphatic rings. The van der Waals surface area contributed by atoms with Crippen molar-refractivity contribution in [1.82, 2.24) is 20.4 Å². The van der Waals surface area contributed by atoms with Gasteiger partial charge in [0.05, 0.1) is 0 Å². The van der Waals surface area contributed by atoms with Crippen LogP contribution in [0.25, 0.3) is 0 Å². The highest BCUT2D eigenvalue weighted by Gasteiger charge is 2.25. The fourth-order valence-corrected chi connectivity index (χ4v) is 3.56. The van der Waals surface area contributed by atoms with Crippen molar-refractivity contribution in [2.24, 2.45) is 5.92 Å². The first-order valence-corrected chi connectivity index (χ1v) is 8.39. The van der Waals surface area contributed by atoms with Gasteiger partial charge in [-0.25, -0.2) is 4.79 Å². The number of urea groups is 1. The second-order valence-electron chi connectivity index (χ2n) is 5.89. The highest BCUT2D eigenvalue weighted by atomic mass is 32.1. The van der Waals surface area contributed by atoms with Crippen LogP contribution < -0.4 is 10.6 Å². The number of amides is 2. The summed E-state index contributed by atoms with van der Waals surface area (Å²) in [5, 5.41) is 14.9. The van der Waals surface area contributed by atoms with Gasteiger partial charge in [-0.15, -0.1) is 10.2 Å². The number of likely N-dealkylation sites (N-methyl/N-ethyl adjacent to an activating group) is 1. The number of hydrogen-bond acceptors (Lipinski definition) is 5. The van der Waals surface area contributed by atoms with Gasteiger partial charge in [-0.3, -0.25) is 5.32 Å². The fourth-order valence-electron chi connectivity index (χ4n) is 2.98. The molecule has 7 heteroatoms. The van der Waals surface area contributed by atoms with Crippen molar-refractivity contribution in [2.45, 2.75) is 45.1 Å². The summed E-state index contributed by atoms with van der Waals surface area (Å²) in [6, 6.07) is 0.195. The minimum atomic E-state index is -0.200. The summed E-state index contributed by atoms with van der Waals surface area (Å²) in [4.78, 5) is 14.2. The van der Waals surface area contributed by atoms with Gasteiger partial charge in [0.2, 0.25) is 5.13 Å². The Hall–Kier alpha value is -1.21. The van der Waals surface area contributed by atoms with E-state index in [9.17, 15) is 4.79 Å². The van der Waals surface area contributed by atoms with Gasteiger partial charge < -0.3 is 10.2 Å². The Morgan fingerprint density at radius 1 is 1.33 bits per heavy atom. The second-order valence-corrected chi connectivity index (χ2v) is 7.07. The van der Waals surface area contributed by atoms with Crippen molar-refractivity contribution >= 4 is 22.5 Å². The number of aryl methyl sites for hydroxylation is 1. The zero-order valence-corrected chi connectivity index (χ0v) is 13.9. The molecule has 1 fully saturated rings. The Morgan fingerprint density at radius 2 is 2.05 bits per heavy atom. The summed E-state index contributed by atoms with van der Waals surface area (Å²) < 4.78 is 0. The molecule has 0 bridgehead atoms. The monoisotopic (exact) mass is 311 g/mol. The van der Waals surface area contributed by atoms with E-state index >= 15 is 0 Å². The van der Waals surface area contributed by atoms with Gasteiger partial charge in [-0.05, 0) is 39.8 Å². The molecule has 2 rings (SSSR count). The predicted octanol–water partition coefficient (Wildman–Crippen LogP) is 2.48. The minimum Gasteiger partial charge on any atom is -0.336 e. The van der Waals surface area contributed by atoms with Gasteiger partial charge in [-0.1, -0.05) is 30.6 Å². The van der Waals surface area contributed by atoms with E-state index in [0.29, 0.717) is 23.6 Å². The Morgan fingerprint density at radius 3 is 2.62 bits per heavy atom. The van der Waals surface area contributed by atoms with Crippen LogP contribution >= 0.6 is 11.3 Å². The van der Waals surface area contributed by atoms with Gasteiger partial charge in [0.1, 0.15) is 5.01 Å². The number of hydrogen-bond donors (Lipinski definition) is 2. The van der Waals surface area contributed by atoms with Crippen molar-refractivity contribution in [1.29, 1.82) is 0 Å². The lowest BCUT2D eigenvalue weighted by molar-refractivity contribution is 0.167. The summed E-state index contributed by atoms with van der Waals surface area (Å²) in [6.07, 6.45) is 6.50. The van der Waals surface area contributed by atoms with E-state index in [-0.39, 0.29) is 6.03 Å². The van der Waals surface area contributed by atoms with Crippen molar-refractivity contribution in [2.75, 3.05) is 26.0 Å². The molecule has 118 valence electrons. The lowest BCUT2D eigenvalue weighted by atomic mass is 9.83. The van der Waals surface area contributed by atoms with Gasteiger partial charge >= 0.3 is 6.03 Å². The largest absolute Gasteiger partial charge is 0.336 e. The summed E-state index contributed by atoms with van der Waals surface area (Å²) in [5.74, 6) is 0.679. The maximum atomic E-state index is 11.9. The van der Waals surface area contributed by atoms with Crippen LogP contribution in [0.2, 0.25) is 0 Å². The molecular weight excluding hydrogens is 286 g/mol. The molecule has 2 amide bonds. The normalized spacial score (nSPS) is 17.7. The van der Waals surface area contributed by atoms with Crippen LogP contribution in [0.5, 0.6) is 0 Å². The third kappa shape index (κ3) is 4.93. The van der Waals surface area contributed by atoms with Gasteiger partial charge in [0, 0.05) is 12.6 Å². The molecule has 1 aliphatic carbocycles. The third-order valence-electron chi connectivity index (χ3n) is 4.08. The van der Waals surface area contributed by atoms with E-state index in [0.717, 1.165) is 5.01 Å². The number of aromatic nitrogens is 2. The number of anilines is 1. The van der Waals surface area contributed by atoms with Gasteiger partial charge in [-0.2, -0.15) is 0 Å². The first-order chi connectivity index (χ1) is 10.1. The first-order valence-electron chi connectivity index (χ1n) is 7.57. The molecule has 0 saturated heterocycles. The quantitative estimate of drug-likeness (QED) is 0.876. The molecule has 1 saturated carbocycles. The lowest BCUT2D eigenvalue weighted by Crippen LogP contribution is -2.46. The number of carbonyl (C=O) groups excluding carboxylic acids is 1. The zero-order chi connectivity index (χ0) is 15.2. The van der Waals surface area contributed by atoms with Gasteiger partial charge in [0.15, 0.2) is 0 Å². The Bertz CT molecular complexity index is 456. The molecule has 1 aromatic rings. The summed E-state index contributed by atoms with van der Waals surface area (Å²) in [6.45, 7) is 2.53. The molecule has 21 heavy (non-hydrogen) atoms. The molecule has 1 aromatic heterocycles. The third-order valence-corrected chi connectivity index (χ3v) is 4.83. The van der Waals surface area contributed by atoms with Crippen LogP contribution in [0.3, 0.4) is 0 Å². The molecule has 6 nitrogen and oxygen atoms in total. The molecule has 0 aliphatic heterocycles. The van der Waals surface area contributed by atoms with Crippen LogP contribution in [0, 0.1) is 12.8 Å². The van der Waals surface area contributed by atoms with E-state index in [1.807, 2.05) is 6.92 Å². The molecular formula is C14H25N5OS. The maximum absolute atomic E-state index is 11.9. The first kappa shape index (κ1) is 16.2. The molecule has 0 aromatic carbocycles. The molecule has 2 N–H and O–H groups in total. The molecule has 0 radical (unpaired) electrons. The standard InChI is InChI=1S/C14H25N5OS/c1-10-17-18-14(21-10)16-13(20)15-9-12(19(2)3)11-7-5-4-6-8-11/h11-12H,4-9H2,1-3H3,(H2,15,16,18,20)/t12-/m0/s1. The van der Waals surface area contributed by atoms with Crippen LogP contribution in [0.1, 0.15) is 37.1 Å². The topological polar surface area (TPSA) is 70.1 Å². The number of rotatable bonds is 5. The summed E-state index contributed by atoms with van der Waals surface area (Å²) in [7, 11) is 4.18. The van der Waals surface area contributed by atoms with E-state index in [4.69, 9.17) is 0 Å². The average molecular weight is 311 g/mol. The smallest absolute Gasteiger partial charge is 0.321 e. The SMILES string of the molecule is Cc1nnc(NC(=O)NC[C@@H](C2CCCCC2)N(C)C)s1. The molecule has 0 unspecified atom stereocenters. The molecule has 1 heterocycles. The Labute approximate surface area is 130 Å². The number of nitrogens with zero attached hydrogens (tertiary/aromatic N) is 3. The van der Waals surface area contributed by atoms with Crippen molar-refractivity contribution in [3.05, 3.63) is 5.01 Å². The second kappa shape index (κ2) is 7.70. The van der Waals surface area contributed by atoms with Crippen molar-refractivity contribution in [3.63, 3.8) is 0 Å². The average Bonchev–Trinajstić information content (AvgIpc) is 2.85. The molecule has 0 spiro atoms. The lowest BCUT2D eigenvalue weighted by Gasteiger charge is -2.34. The highest BCUT2D eigenvalue weighted by molar-refractivity contribution is 7.15. The van der Waals surface area contributed by atoms with Crippen molar-refractivity contribution < 1.29 is 4.79 Å². The van der Waals surface area contributed by atoms with Crippen LogP contribution in [0.4, 0.5) is 9.93 Å². The zero-order valence-electron chi connectivity index (χ0n) is 13.1. The van der Waals surface area contributed by atoms with Crippen LogP contribution in [-0.4, -0.2) is 47.8 Å². The Balaban J connectivity index is 1.81. The maximum Gasteiger partial charge on any atom is 0.321 e.